The SMILES string of the molecule is [2H]c1c([2H])c([2H])c(-c2cc(C([2H])([2H])[2H])cc(-c3cccc(C(C)(C)C)c3)c2-n2[c](=[Pt])n(-c3cccc(Oc4cccc(N5B6c7ccccc7-c7ccccc7N6c6ccccc65)n4)c3)c3ccccc32)c([2H])c1[2H]. The molecule has 8 heteroatoms. The Kier molecular flexibility index (Phi) is 7.97. The van der Waals surface area contributed by atoms with Gasteiger partial charge in [0.05, 0.1) is 0 Å². The van der Waals surface area contributed by atoms with Crippen molar-refractivity contribution in [2.45, 2.75) is 33.0 Å². The molecule has 4 heterocycles. The average Bonchev–Trinajstić information content (AvgIpc) is 3.95. The minimum absolute atomic E-state index is 0.0357. The van der Waals surface area contributed by atoms with Crippen LogP contribution in [0.2, 0.25) is 0 Å². The first-order valence-electron chi connectivity index (χ1n) is 26.2. The van der Waals surface area contributed by atoms with E-state index in [2.05, 4.69) is 127 Å². The van der Waals surface area contributed by atoms with Crippen molar-refractivity contribution in [2.75, 3.05) is 9.62 Å². The summed E-state index contributed by atoms with van der Waals surface area (Å²) in [7, 11) is 0. The van der Waals surface area contributed by atoms with Crippen LogP contribution in [0, 0.1) is 10.7 Å². The Morgan fingerprint density at radius 3 is 2.01 bits per heavy atom. The van der Waals surface area contributed by atoms with Crippen molar-refractivity contribution >= 4 is 46.4 Å². The van der Waals surface area contributed by atoms with Crippen molar-refractivity contribution in [3.05, 3.63) is 221 Å². The maximum atomic E-state index is 9.26. The summed E-state index contributed by atoms with van der Waals surface area (Å²) in [6, 6.07) is 55.4. The molecule has 0 unspecified atom stereocenters. The normalized spacial score (nSPS) is 14.7. The Hall–Kier alpha value is -7.47. The van der Waals surface area contributed by atoms with Gasteiger partial charge in [-0.15, -0.1) is 0 Å². The molecule has 326 valence electrons. The zero-order valence-corrected chi connectivity index (χ0v) is 39.1. The number of anilines is 4. The zero-order chi connectivity index (χ0) is 52.2. The Morgan fingerprint density at radius 1 is 0.582 bits per heavy atom. The van der Waals surface area contributed by atoms with Gasteiger partial charge in [0.25, 0.3) is 0 Å². The molecule has 6 nitrogen and oxygen atoms in total. The molecule has 0 atom stereocenters. The molecule has 0 saturated heterocycles. The van der Waals surface area contributed by atoms with Gasteiger partial charge in [0.2, 0.25) is 0 Å². The molecular formula is C59H46BN5OPt. The van der Waals surface area contributed by atoms with Crippen LogP contribution >= 0.6 is 0 Å². The molecule has 0 fully saturated rings. The van der Waals surface area contributed by atoms with Crippen LogP contribution in [0.15, 0.2) is 206 Å². The van der Waals surface area contributed by atoms with Gasteiger partial charge in [-0.05, 0) is 17.7 Å². The fourth-order valence-corrected chi connectivity index (χ4v) is 10.8. The van der Waals surface area contributed by atoms with Crippen LogP contribution in [0.1, 0.15) is 42.9 Å². The van der Waals surface area contributed by atoms with E-state index in [1.807, 2.05) is 95.6 Å². The van der Waals surface area contributed by atoms with E-state index in [9.17, 15) is 2.74 Å². The fraction of sp³-hybridized carbons (Fsp3) is 0.0847. The van der Waals surface area contributed by atoms with Gasteiger partial charge in [0.15, 0.2) is 0 Å². The van der Waals surface area contributed by atoms with E-state index in [1.165, 1.54) is 22.7 Å². The molecule has 0 radical (unpaired) electrons. The van der Waals surface area contributed by atoms with Gasteiger partial charge >= 0.3 is 332 Å². The molecule has 2 aliphatic rings. The zero-order valence-electron chi connectivity index (χ0n) is 44.8. The first kappa shape index (κ1) is 33.1. The molecule has 10 aromatic rings. The topological polar surface area (TPSA) is 38.5 Å². The van der Waals surface area contributed by atoms with Crippen molar-refractivity contribution in [3.63, 3.8) is 0 Å². The van der Waals surface area contributed by atoms with E-state index >= 15 is 0 Å². The molecule has 0 amide bonds. The molecule has 0 saturated carbocycles. The number of nitrogens with zero attached hydrogens (tertiary/aromatic N) is 5. The van der Waals surface area contributed by atoms with Gasteiger partial charge in [-0.25, -0.2) is 0 Å². The second-order valence-electron chi connectivity index (χ2n) is 17.8. The molecular weight excluding hydrogens is 1000 g/mol. The van der Waals surface area contributed by atoms with E-state index in [4.69, 9.17) is 17.9 Å². The molecule has 0 spiro atoms. The summed E-state index contributed by atoms with van der Waals surface area (Å²) >= 11 is 2.26. The first-order chi connectivity index (χ1) is 36.0. The van der Waals surface area contributed by atoms with Crippen LogP contribution in [-0.4, -0.2) is 21.1 Å². The summed E-state index contributed by atoms with van der Waals surface area (Å²) in [6.07, 6.45) is 0. The Bertz CT molecular complexity index is 4030. The van der Waals surface area contributed by atoms with Crippen LogP contribution in [0.4, 0.5) is 22.9 Å². The van der Waals surface area contributed by atoms with Gasteiger partial charge < -0.3 is 0 Å². The molecule has 2 aromatic heterocycles. The predicted molar refractivity (Wildman–Crippen MR) is 272 cm³/mol. The third kappa shape index (κ3) is 6.91. The van der Waals surface area contributed by atoms with Gasteiger partial charge in [0, 0.05) is 11.3 Å². The van der Waals surface area contributed by atoms with Crippen molar-refractivity contribution in [2.24, 2.45) is 0 Å². The summed E-state index contributed by atoms with van der Waals surface area (Å²) in [4.78, 5) is 9.86. The molecule has 0 bridgehead atoms. The van der Waals surface area contributed by atoms with Crippen LogP contribution in [0.5, 0.6) is 11.6 Å². The number of imidazole rings is 1. The van der Waals surface area contributed by atoms with Gasteiger partial charge in [-0.3, -0.25) is 0 Å². The Labute approximate surface area is 413 Å². The molecule has 2 aliphatic heterocycles. The first-order valence-corrected chi connectivity index (χ1v) is 23.3. The van der Waals surface area contributed by atoms with E-state index in [0.29, 0.717) is 38.1 Å². The monoisotopic (exact) mass is 1050 g/mol. The summed E-state index contributed by atoms with van der Waals surface area (Å²) < 4.78 is 82.0. The quantitative estimate of drug-likeness (QED) is 0.149. The predicted octanol–water partition coefficient (Wildman–Crippen LogP) is 14.3. The van der Waals surface area contributed by atoms with Gasteiger partial charge in [-0.1, -0.05) is 54.6 Å². The molecule has 8 aromatic carbocycles. The van der Waals surface area contributed by atoms with Crippen molar-refractivity contribution in [3.8, 4) is 56.4 Å². The van der Waals surface area contributed by atoms with Crippen molar-refractivity contribution < 1.29 is 35.1 Å². The Morgan fingerprint density at radius 2 is 1.24 bits per heavy atom. The van der Waals surface area contributed by atoms with E-state index < -0.39 is 37.1 Å². The number of aromatic nitrogens is 3. The number of benzene rings is 8. The summed E-state index contributed by atoms with van der Waals surface area (Å²) in [5, 5.41) is 0. The summed E-state index contributed by atoms with van der Waals surface area (Å²) in [5.74, 6) is 1.64. The second kappa shape index (κ2) is 16.1. The number of hydrogen-bond donors (Lipinski definition) is 0. The van der Waals surface area contributed by atoms with Gasteiger partial charge in [-0.2, -0.15) is 0 Å². The summed E-state index contributed by atoms with van der Waals surface area (Å²) in [6.45, 7) is 3.49. The van der Waals surface area contributed by atoms with E-state index in [-0.39, 0.29) is 29.1 Å². The van der Waals surface area contributed by atoms with Crippen molar-refractivity contribution in [1.82, 2.24) is 14.1 Å². The number of hydrogen-bond acceptors (Lipinski definition) is 4. The van der Waals surface area contributed by atoms with Crippen LogP contribution in [0.3, 0.4) is 0 Å². The van der Waals surface area contributed by atoms with E-state index in [1.54, 1.807) is 6.07 Å². The van der Waals surface area contributed by atoms with Crippen LogP contribution < -0.4 is 19.8 Å². The minimum atomic E-state index is -2.62. The molecule has 0 aliphatic carbocycles. The molecule has 12 rings (SSSR count). The average molecular weight is 1050 g/mol. The molecule has 67 heavy (non-hydrogen) atoms. The fourth-order valence-electron chi connectivity index (χ4n) is 9.71. The summed E-state index contributed by atoms with van der Waals surface area (Å²) in [5.41, 5.74) is 11.4. The van der Waals surface area contributed by atoms with E-state index in [0.717, 1.165) is 39.3 Å². The third-order valence-corrected chi connectivity index (χ3v) is 13.7. The van der Waals surface area contributed by atoms with Crippen molar-refractivity contribution in [1.29, 1.82) is 0 Å². The number of ether oxygens (including phenoxy) is 1. The standard InChI is InChI=1S/C59H46BN5O.Pt/c1-40-35-48(41-19-6-5-7-20-41)58(49(36-40)42-21-16-22-43(37-42)59(2,3)4)63-39-62(52-29-12-13-30-53(52)63)44-23-17-24-45(38-44)66-57-34-18-33-56(61-57)65-55-32-15-14-31-54(55)64-51-28-11-9-26-47(51)46-25-8-10-27-50(46)60(64)65;/h5-38H,1-4H3;/i1D3,5D,6D,7D,19D,20D;. The number of fused-ring (bicyclic) bond motifs is 9. The number of para-hydroxylation sites is 5. The van der Waals surface area contributed by atoms with Crippen LogP contribution in [-0.2, 0) is 24.8 Å². The number of rotatable bonds is 7. The number of aryl methyl sites for hydroxylation is 1. The molecule has 0 N–H and O–H groups in total. The number of pyridine rings is 1. The maximum absolute atomic E-state index is 9.26. The third-order valence-electron chi connectivity index (χ3n) is 12.7. The Balaban J connectivity index is 1.01. The van der Waals surface area contributed by atoms with Gasteiger partial charge in [0.1, 0.15) is 0 Å². The van der Waals surface area contributed by atoms with Crippen LogP contribution in [0.25, 0.3) is 55.8 Å². The second-order valence-corrected chi connectivity index (χ2v) is 18.8.